The summed E-state index contributed by atoms with van der Waals surface area (Å²) in [5.41, 5.74) is 8.18. The summed E-state index contributed by atoms with van der Waals surface area (Å²) in [7, 11) is 0. The van der Waals surface area contributed by atoms with E-state index in [1.807, 2.05) is 71.3 Å². The maximum absolute atomic E-state index is 9.17. The average Bonchev–Trinajstić information content (AvgIpc) is 2.71. The summed E-state index contributed by atoms with van der Waals surface area (Å²) in [6, 6.07) is 35.0. The van der Waals surface area contributed by atoms with Crippen LogP contribution in [0.15, 0.2) is 152 Å². The number of pyridine rings is 1. The van der Waals surface area contributed by atoms with Gasteiger partial charge in [0, 0.05) is 94.3 Å². The van der Waals surface area contributed by atoms with E-state index in [1.165, 1.54) is 15.7 Å². The van der Waals surface area contributed by atoms with E-state index in [-0.39, 0.29) is 80.2 Å². The van der Waals surface area contributed by atoms with E-state index in [1.54, 1.807) is 18.3 Å². The fraction of sp³-hybridized carbons (Fsp3) is 0.226. The number of rotatable bonds is 6. The molecule has 0 unspecified atom stereocenters. The number of fused-ring (bicyclic) bond motifs is 6. The van der Waals surface area contributed by atoms with Crippen LogP contribution in [0.5, 0.6) is 11.5 Å². The van der Waals surface area contributed by atoms with Crippen molar-refractivity contribution in [2.45, 2.75) is 85.4 Å². The first-order chi connectivity index (χ1) is 37.0. The summed E-state index contributed by atoms with van der Waals surface area (Å²) < 4.78 is 108. The van der Waals surface area contributed by atoms with Gasteiger partial charge in [0.05, 0.1) is 28.7 Å². The first kappa shape index (κ1) is 34.1. The van der Waals surface area contributed by atoms with E-state index in [2.05, 4.69) is 99.3 Å². The van der Waals surface area contributed by atoms with Crippen molar-refractivity contribution >= 4 is 66.4 Å². The second-order valence-corrected chi connectivity index (χ2v) is 21.5. The van der Waals surface area contributed by atoms with E-state index in [0.717, 1.165) is 39.1 Å². The minimum Gasteiger partial charge on any atom is -0.509 e. The Morgan fingerprint density at radius 1 is 0.623 bits per heavy atom. The summed E-state index contributed by atoms with van der Waals surface area (Å²) in [5.74, 6) is 1.36. The fourth-order valence-electron chi connectivity index (χ4n) is 10.3. The van der Waals surface area contributed by atoms with Crippen LogP contribution in [0, 0.1) is 25.7 Å². The molecule has 7 aromatic carbocycles. The molecule has 10 aromatic rings. The largest absolute Gasteiger partial charge is 0.509 e. The summed E-state index contributed by atoms with van der Waals surface area (Å²) in [6.45, 7) is 19.9. The number of para-hydroxylation sites is 3. The molecule has 1 fully saturated rings. The molecule has 7 heteroatoms. The topological polar surface area (TPSA) is 32.0 Å². The molecule has 3 aromatic heterocycles. The van der Waals surface area contributed by atoms with Gasteiger partial charge in [-0.15, -0.1) is 29.7 Å². The van der Waals surface area contributed by atoms with Gasteiger partial charge in [0.15, 0.2) is 18.0 Å². The molecule has 2 bridgehead atoms. The van der Waals surface area contributed by atoms with Crippen molar-refractivity contribution in [1.82, 2.24) is 23.1 Å². The Balaban J connectivity index is 0.00000675. The van der Waals surface area contributed by atoms with Crippen molar-refractivity contribution in [2.24, 2.45) is 0 Å². The SMILES string of the molecule is [2H]c1c([2H])c([2H])c2c(c1[2H])c1c([2H])c([2H])c([2H])c([2H])c1n2-c1ccc2c3ccc(Oc4[c-]c([N@@+]56[CH-][N@@+](c7cc(C(C)(C)C)cc(C(C)(C)C)c7)(C5)c5c(C([2H])([2H])[2H])cccc56)ccc4)[c-]c3n(-c3cc(C(C)(C)C)ccn3)c2c1.[Pt]. The molecule has 0 radical (unpaired) electrons. The van der Waals surface area contributed by atoms with Crippen LogP contribution >= 0.6 is 0 Å². The number of nitrogens with zero attached hydrogens (tertiary/aromatic N) is 5. The van der Waals surface area contributed by atoms with Gasteiger partial charge >= 0.3 is 0 Å². The van der Waals surface area contributed by atoms with Gasteiger partial charge in [-0.2, -0.15) is 12.1 Å². The monoisotopic (exact) mass is 1090 g/mol. The number of benzene rings is 7. The molecule has 2 atom stereocenters. The third kappa shape index (κ3) is 6.96. The summed E-state index contributed by atoms with van der Waals surface area (Å²) in [5, 5.41) is 1.58. The Labute approximate surface area is 436 Å². The van der Waals surface area contributed by atoms with Gasteiger partial charge in [-0.25, -0.2) is 4.98 Å². The molecule has 0 N–H and O–H groups in total. The molecule has 0 aliphatic carbocycles. The maximum Gasteiger partial charge on any atom is 0.184 e. The molecular weight excluding hydrogens is 1030 g/mol. The normalized spacial score (nSPS) is 20.3. The Kier molecular flexibility index (Phi) is 7.70. The van der Waals surface area contributed by atoms with E-state index in [4.69, 9.17) is 24.8 Å². The summed E-state index contributed by atoms with van der Waals surface area (Å²) in [6.07, 6.45) is 1.76. The number of ether oxygens (including phenoxy) is 1. The standard InChI is InChI=1S/C62H58N5O.Pt/c1-40-17-15-24-57-59(40)67(46-32-42(61(5,6)7)31-43(33-46)62(8,9)10)38-66(57,39-67)45-18-16-19-47(36-45)68-48-26-28-52-51-27-25-44(64-53-22-13-11-20-49(53)50-21-12-14-23-54(50)64)35-55(51)65(56(52)37-48)58-34-41(29-30-63-58)60(2,3)4;/h11-35,38H,39H2,1-10H3;/q-1;/t66-,67+;/m1./s1/i1D3,11D,12D,13D,14D,20D,21D,22D,23D;. The molecule has 13 rings (SSSR count). The third-order valence-electron chi connectivity index (χ3n) is 14.0. The van der Waals surface area contributed by atoms with Crippen molar-refractivity contribution in [3.05, 3.63) is 193 Å². The van der Waals surface area contributed by atoms with Crippen LogP contribution in [0.2, 0.25) is 0 Å². The van der Waals surface area contributed by atoms with Crippen LogP contribution in [-0.4, -0.2) is 20.8 Å². The van der Waals surface area contributed by atoms with Crippen LogP contribution in [0.25, 0.3) is 55.1 Å². The van der Waals surface area contributed by atoms with Crippen LogP contribution in [0.4, 0.5) is 22.7 Å². The predicted octanol–water partition coefficient (Wildman–Crippen LogP) is 16.2. The second kappa shape index (κ2) is 15.6. The molecule has 3 aliphatic heterocycles. The Hall–Kier alpha value is -6.30. The molecular formula is C62H58N5OPt-. The minimum atomic E-state index is -2.38. The quantitative estimate of drug-likeness (QED) is 0.123. The van der Waals surface area contributed by atoms with Crippen molar-refractivity contribution in [3.63, 3.8) is 0 Å². The van der Waals surface area contributed by atoms with E-state index in [9.17, 15) is 0 Å². The van der Waals surface area contributed by atoms with Crippen molar-refractivity contribution in [1.29, 1.82) is 0 Å². The number of hydrogen-bond donors (Lipinski definition) is 0. The van der Waals surface area contributed by atoms with Crippen molar-refractivity contribution < 1.29 is 40.9 Å². The van der Waals surface area contributed by atoms with Crippen LogP contribution in [0.3, 0.4) is 0 Å². The average molecular weight is 1100 g/mol. The molecule has 0 amide bonds. The smallest absolute Gasteiger partial charge is 0.184 e. The molecule has 0 spiro atoms. The maximum atomic E-state index is 9.17. The van der Waals surface area contributed by atoms with Gasteiger partial charge in [-0.1, -0.05) is 134 Å². The molecule has 6 nitrogen and oxygen atoms in total. The van der Waals surface area contributed by atoms with Gasteiger partial charge in [-0.3, -0.25) is 4.48 Å². The number of aromatic nitrogens is 3. The molecule has 6 heterocycles. The summed E-state index contributed by atoms with van der Waals surface area (Å²) >= 11 is 0. The zero-order valence-corrected chi connectivity index (χ0v) is 42.3. The van der Waals surface area contributed by atoms with Crippen LogP contribution in [0.1, 0.15) is 99.6 Å². The van der Waals surface area contributed by atoms with E-state index < -0.39 is 43.1 Å². The van der Waals surface area contributed by atoms with E-state index in [0.29, 0.717) is 46.3 Å². The van der Waals surface area contributed by atoms with Gasteiger partial charge in [-0.05, 0) is 81.5 Å². The zero-order valence-electron chi connectivity index (χ0n) is 51.1. The van der Waals surface area contributed by atoms with Crippen molar-refractivity contribution in [2.75, 3.05) is 6.67 Å². The molecule has 3 aliphatic rings. The minimum absolute atomic E-state index is 0. The predicted molar refractivity (Wildman–Crippen MR) is 283 cm³/mol. The van der Waals surface area contributed by atoms with E-state index >= 15 is 0 Å². The number of quaternary nitrogens is 2. The van der Waals surface area contributed by atoms with Crippen LogP contribution in [-0.2, 0) is 37.3 Å². The van der Waals surface area contributed by atoms with Gasteiger partial charge in [0.1, 0.15) is 11.5 Å². The first-order valence-corrected chi connectivity index (χ1v) is 23.1. The number of aryl methyl sites for hydroxylation is 1. The molecule has 1 saturated heterocycles. The van der Waals surface area contributed by atoms with Gasteiger partial charge in [0.2, 0.25) is 0 Å². The third-order valence-corrected chi connectivity index (χ3v) is 14.0. The Morgan fingerprint density at radius 3 is 1.93 bits per heavy atom. The molecule has 69 heavy (non-hydrogen) atoms. The first-order valence-electron chi connectivity index (χ1n) is 28.6. The number of hydrogen-bond acceptors (Lipinski definition) is 2. The summed E-state index contributed by atoms with van der Waals surface area (Å²) in [4.78, 5) is 4.91. The zero-order chi connectivity index (χ0) is 56.6. The Bertz CT molecular complexity index is 4180. The molecule has 348 valence electrons. The van der Waals surface area contributed by atoms with Gasteiger partial charge < -0.3 is 18.4 Å². The van der Waals surface area contributed by atoms with Crippen LogP contribution < -0.4 is 13.7 Å². The second-order valence-electron chi connectivity index (χ2n) is 21.5. The Morgan fingerprint density at radius 2 is 1.26 bits per heavy atom. The van der Waals surface area contributed by atoms with Crippen molar-refractivity contribution in [3.8, 4) is 23.0 Å². The fourth-order valence-corrected chi connectivity index (χ4v) is 10.3. The molecule has 0 saturated carbocycles. The van der Waals surface area contributed by atoms with Gasteiger partial charge in [0.25, 0.3) is 0 Å².